The van der Waals surface area contributed by atoms with E-state index < -0.39 is 12.1 Å². The third-order valence-electron chi connectivity index (χ3n) is 0.533. The average molecular weight is 429 g/mol. The number of esters is 1. The average Bonchev–Trinajstić information content (AvgIpc) is 1.65. The minimum Gasteiger partial charge on any atom is -1.00 e. The molecule has 0 aromatic carbocycles. The van der Waals surface area contributed by atoms with Gasteiger partial charge in [0.1, 0.15) is 0 Å². The Morgan fingerprint density at radius 1 is 1.25 bits per heavy atom. The van der Waals surface area contributed by atoms with Crippen molar-refractivity contribution < 1.29 is 85.3 Å². The summed E-state index contributed by atoms with van der Waals surface area (Å²) < 4.78 is 4.06. The van der Waals surface area contributed by atoms with Crippen molar-refractivity contribution in [3.8, 4) is 0 Å². The van der Waals surface area contributed by atoms with Crippen LogP contribution < -0.4 is 54.7 Å². The Morgan fingerprint density at radius 2 is 1.50 bits per heavy atom. The fourth-order valence-electron chi connectivity index (χ4n) is 0.166. The summed E-state index contributed by atoms with van der Waals surface area (Å²) in [5.41, 5.74) is 0. The van der Waals surface area contributed by atoms with Crippen molar-refractivity contribution in [2.24, 2.45) is 0 Å². The largest absolute Gasteiger partial charge is 1.00 e. The molecular weight excluding hydrogens is 422 g/mol. The summed E-state index contributed by atoms with van der Waals surface area (Å²) in [6.07, 6.45) is -1.25. The minimum atomic E-state index is -1.25. The molecule has 0 rings (SSSR count). The van der Waals surface area contributed by atoms with E-state index in [9.17, 15) is 9.90 Å². The van der Waals surface area contributed by atoms with Gasteiger partial charge in [-0.15, -0.1) is 0 Å². The summed E-state index contributed by atoms with van der Waals surface area (Å²) in [6.45, 7) is 1.24. The van der Waals surface area contributed by atoms with Crippen LogP contribution in [-0.2, 0) is 30.6 Å². The monoisotopic (exact) mass is 427 g/mol. The van der Waals surface area contributed by atoms with Crippen molar-refractivity contribution in [3.63, 3.8) is 0 Å². The van der Waals surface area contributed by atoms with Crippen LogP contribution in [0.1, 0.15) is 6.92 Å². The molecule has 12 heavy (non-hydrogen) atoms. The first-order chi connectivity index (χ1) is 3.18. The van der Waals surface area contributed by atoms with E-state index in [0.717, 1.165) is 0 Å². The maximum atomic E-state index is 9.98. The molecule has 3 nitrogen and oxygen atoms in total. The SMILES string of the molecule is COC(=O)[C@@H](C)[O-].[Cl-].[Cl-].[Cl-].[Cl-].[W]. The van der Waals surface area contributed by atoms with Crippen molar-refractivity contribution in [2.45, 2.75) is 13.0 Å². The number of ether oxygens (including phenoxy) is 1. The zero-order chi connectivity index (χ0) is 5.86. The van der Waals surface area contributed by atoms with Crippen LogP contribution in [0.3, 0.4) is 0 Å². The standard InChI is InChI=1S/C4H7O3.4ClH.W/c1-3(5)4(6)7-2;;;;;/h3H,1-2H3;4*1H;/q-1;;;;;/p-4/t3-;;;;;/m1...../s1. The molecule has 0 N–H and O–H groups in total. The second-order valence-corrected chi connectivity index (χ2v) is 1.17. The van der Waals surface area contributed by atoms with Gasteiger partial charge in [0, 0.05) is 21.1 Å². The molecule has 8 heteroatoms. The van der Waals surface area contributed by atoms with Crippen LogP contribution in [0.15, 0.2) is 0 Å². The molecule has 0 radical (unpaired) electrons. The second-order valence-electron chi connectivity index (χ2n) is 1.17. The van der Waals surface area contributed by atoms with Gasteiger partial charge in [-0.3, -0.25) is 4.79 Å². The molecule has 0 unspecified atom stereocenters. The first-order valence-electron chi connectivity index (χ1n) is 1.92. The molecule has 0 aliphatic rings. The molecule has 0 amide bonds. The van der Waals surface area contributed by atoms with Crippen molar-refractivity contribution in [1.82, 2.24) is 0 Å². The van der Waals surface area contributed by atoms with E-state index in [4.69, 9.17) is 0 Å². The van der Waals surface area contributed by atoms with Gasteiger partial charge in [0.15, 0.2) is 0 Å². The number of halogens is 4. The third kappa shape index (κ3) is 22.5. The van der Waals surface area contributed by atoms with E-state index in [-0.39, 0.29) is 70.7 Å². The quantitative estimate of drug-likeness (QED) is 0.390. The van der Waals surface area contributed by atoms with Crippen LogP contribution in [0.2, 0.25) is 0 Å². The zero-order valence-electron chi connectivity index (χ0n) is 6.22. The van der Waals surface area contributed by atoms with Crippen molar-refractivity contribution >= 4 is 5.97 Å². The van der Waals surface area contributed by atoms with Gasteiger partial charge in [0.05, 0.1) is 7.11 Å². The molecule has 80 valence electrons. The third-order valence-corrected chi connectivity index (χ3v) is 0.533. The predicted molar refractivity (Wildman–Crippen MR) is 21.5 cm³/mol. The van der Waals surface area contributed by atoms with Gasteiger partial charge in [-0.2, -0.15) is 0 Å². The van der Waals surface area contributed by atoms with E-state index in [1.165, 1.54) is 14.0 Å². The number of methoxy groups -OCH3 is 1. The molecule has 0 aromatic heterocycles. The molecule has 0 saturated heterocycles. The van der Waals surface area contributed by atoms with E-state index >= 15 is 0 Å². The molecule has 0 aliphatic carbocycles. The van der Waals surface area contributed by atoms with Crippen molar-refractivity contribution in [1.29, 1.82) is 0 Å². The maximum Gasteiger partial charge on any atom is 0.291 e. The first kappa shape index (κ1) is 37.8. The van der Waals surface area contributed by atoms with Crippen molar-refractivity contribution in [2.75, 3.05) is 7.11 Å². The smallest absolute Gasteiger partial charge is 0.291 e. The molecule has 0 fully saturated rings. The maximum absolute atomic E-state index is 9.98. The van der Waals surface area contributed by atoms with Crippen LogP contribution in [-0.4, -0.2) is 19.2 Å². The minimum absolute atomic E-state index is 0. The zero-order valence-corrected chi connectivity index (χ0v) is 12.2. The van der Waals surface area contributed by atoms with Gasteiger partial charge in [-0.1, -0.05) is 6.92 Å². The number of hydrogen-bond donors (Lipinski definition) is 0. The van der Waals surface area contributed by atoms with E-state index in [1.807, 2.05) is 0 Å². The Balaban J connectivity index is -0.0000000180. The normalized spacial score (nSPS) is 7.58. The summed E-state index contributed by atoms with van der Waals surface area (Å²) in [4.78, 5) is 9.98. The molecule has 0 heterocycles. The Labute approximate surface area is 111 Å². The van der Waals surface area contributed by atoms with Gasteiger partial charge in [-0.05, 0) is 6.10 Å². The molecule has 1 atom stereocenters. The molecule has 0 bridgehead atoms. The Hall–Kier alpha value is 1.28. The molecule has 0 aliphatic heterocycles. The fraction of sp³-hybridized carbons (Fsp3) is 0.750. The molecule has 0 saturated carbocycles. The predicted octanol–water partition coefficient (Wildman–Crippen LogP) is -13.1. The summed E-state index contributed by atoms with van der Waals surface area (Å²) in [5.74, 6) is -0.708. The first-order valence-corrected chi connectivity index (χ1v) is 1.92. The topological polar surface area (TPSA) is 49.4 Å². The van der Waals surface area contributed by atoms with Crippen LogP contribution >= 0.6 is 0 Å². The van der Waals surface area contributed by atoms with Crippen LogP contribution in [0, 0.1) is 0 Å². The molecular formula is C4H7Cl4O3W-5. The second kappa shape index (κ2) is 22.8. The number of carbonyl (C=O) groups excluding carboxylic acids is 1. The molecule has 0 aromatic rings. The number of carbonyl (C=O) groups is 1. The summed E-state index contributed by atoms with van der Waals surface area (Å²) in [5, 5.41) is 9.98. The van der Waals surface area contributed by atoms with Gasteiger partial charge < -0.3 is 59.5 Å². The Morgan fingerprint density at radius 3 is 1.50 bits per heavy atom. The summed E-state index contributed by atoms with van der Waals surface area (Å²) >= 11 is 0. The van der Waals surface area contributed by atoms with Gasteiger partial charge >= 0.3 is 0 Å². The van der Waals surface area contributed by atoms with Crippen LogP contribution in [0.4, 0.5) is 0 Å². The Bertz CT molecular complexity index is 82.7. The molecule has 0 spiro atoms. The van der Waals surface area contributed by atoms with Gasteiger partial charge in [0.25, 0.3) is 5.97 Å². The van der Waals surface area contributed by atoms with Crippen molar-refractivity contribution in [3.05, 3.63) is 0 Å². The van der Waals surface area contributed by atoms with Crippen LogP contribution in [0.25, 0.3) is 0 Å². The summed E-state index contributed by atoms with van der Waals surface area (Å²) in [6, 6.07) is 0. The summed E-state index contributed by atoms with van der Waals surface area (Å²) in [7, 11) is 1.19. The van der Waals surface area contributed by atoms with E-state index in [0.29, 0.717) is 0 Å². The fourth-order valence-corrected chi connectivity index (χ4v) is 0.166. The van der Waals surface area contributed by atoms with Gasteiger partial charge in [0.2, 0.25) is 0 Å². The van der Waals surface area contributed by atoms with E-state index in [2.05, 4.69) is 4.74 Å². The number of rotatable bonds is 1. The van der Waals surface area contributed by atoms with E-state index in [1.54, 1.807) is 0 Å². The van der Waals surface area contributed by atoms with Crippen LogP contribution in [0.5, 0.6) is 0 Å². The number of hydrogen-bond acceptors (Lipinski definition) is 3. The Kier molecular flexibility index (Phi) is 71.8. The van der Waals surface area contributed by atoms with Gasteiger partial charge in [-0.25, -0.2) is 0 Å².